The molecule has 1 aliphatic rings. The normalized spacial score (nSPS) is 15.6. The average Bonchev–Trinajstić information content (AvgIpc) is 3.02. The van der Waals surface area contributed by atoms with Gasteiger partial charge in [-0.25, -0.2) is 4.98 Å². The molecule has 0 radical (unpaired) electrons. The first-order valence-electron chi connectivity index (χ1n) is 8.33. The summed E-state index contributed by atoms with van der Waals surface area (Å²) in [6.07, 6.45) is 2.92. The van der Waals surface area contributed by atoms with Crippen molar-refractivity contribution in [1.82, 2.24) is 9.97 Å². The molecule has 0 saturated carbocycles. The highest BCUT2D eigenvalue weighted by molar-refractivity contribution is 5.85. The lowest BCUT2D eigenvalue weighted by Gasteiger charge is -2.19. The topological polar surface area (TPSA) is 90.9 Å². The Morgan fingerprint density at radius 2 is 2.12 bits per heavy atom. The Morgan fingerprint density at radius 3 is 2.77 bits per heavy atom. The van der Waals surface area contributed by atoms with E-state index in [1.807, 2.05) is 12.1 Å². The number of hydrogen-bond acceptors (Lipinski definition) is 6. The third-order valence-corrected chi connectivity index (χ3v) is 4.07. The van der Waals surface area contributed by atoms with Crippen molar-refractivity contribution in [3.05, 3.63) is 41.6 Å². The molecule has 0 aliphatic carbocycles. The maximum Gasteiger partial charge on any atom is 0.229 e. The highest BCUT2D eigenvalue weighted by Crippen LogP contribution is 2.22. The van der Waals surface area contributed by atoms with Crippen LogP contribution in [0.3, 0.4) is 0 Å². The van der Waals surface area contributed by atoms with Gasteiger partial charge in [0, 0.05) is 36.6 Å². The summed E-state index contributed by atoms with van der Waals surface area (Å²) in [5.74, 6) is 1.48. The third-order valence-electron chi connectivity index (χ3n) is 4.07. The van der Waals surface area contributed by atoms with Gasteiger partial charge in [-0.05, 0) is 31.0 Å². The smallest absolute Gasteiger partial charge is 0.229 e. The molecular weight excluding hydrogens is 371 g/mol. The summed E-state index contributed by atoms with van der Waals surface area (Å²) in [4.78, 5) is 11.5. The van der Waals surface area contributed by atoms with Gasteiger partial charge in [-0.15, -0.1) is 24.8 Å². The Kier molecular flexibility index (Phi) is 8.59. The number of aryl methyl sites for hydroxylation is 1. The number of nitrogens with two attached hydrogens (primary N) is 1. The molecule has 1 aromatic heterocycles. The number of aromatic nitrogens is 2. The van der Waals surface area contributed by atoms with Gasteiger partial charge in [-0.2, -0.15) is 10.2 Å². The summed E-state index contributed by atoms with van der Waals surface area (Å²) in [5.41, 5.74) is 8.46. The Hall–Kier alpha value is -2.07. The van der Waals surface area contributed by atoms with Crippen LogP contribution in [0.15, 0.2) is 30.3 Å². The van der Waals surface area contributed by atoms with Crippen LogP contribution in [0.25, 0.3) is 0 Å². The van der Waals surface area contributed by atoms with Crippen LogP contribution in [0.4, 0.5) is 17.5 Å². The summed E-state index contributed by atoms with van der Waals surface area (Å²) in [5, 5.41) is 12.2. The Balaban J connectivity index is 0.00000169. The predicted octanol–water partition coefficient (Wildman–Crippen LogP) is 3.43. The van der Waals surface area contributed by atoms with E-state index >= 15 is 0 Å². The van der Waals surface area contributed by atoms with Crippen LogP contribution in [-0.2, 0) is 6.42 Å². The third kappa shape index (κ3) is 5.46. The van der Waals surface area contributed by atoms with E-state index in [0.717, 1.165) is 49.6 Å². The molecule has 1 atom stereocenters. The number of nitrogens with one attached hydrogen (secondary N) is 1. The first-order chi connectivity index (χ1) is 11.7. The van der Waals surface area contributed by atoms with Crippen LogP contribution in [0.1, 0.15) is 31.0 Å². The van der Waals surface area contributed by atoms with Crippen LogP contribution < -0.4 is 16.0 Å². The minimum atomic E-state index is 0. The second kappa shape index (κ2) is 10.2. The molecule has 3 rings (SSSR count). The van der Waals surface area contributed by atoms with Gasteiger partial charge < -0.3 is 16.0 Å². The molecule has 2 aromatic rings. The van der Waals surface area contributed by atoms with E-state index in [4.69, 9.17) is 11.0 Å². The van der Waals surface area contributed by atoms with E-state index in [0.29, 0.717) is 11.5 Å². The van der Waals surface area contributed by atoms with Crippen LogP contribution in [0.5, 0.6) is 0 Å². The molecule has 0 spiro atoms. The number of anilines is 3. The lowest BCUT2D eigenvalue weighted by atomic mass is 10.2. The molecule has 1 saturated heterocycles. The SMILES string of the molecule is CCCc1cc(N2CCC(N)C2)nc(Nc2cccc(C#N)c2)n1.Cl.Cl. The summed E-state index contributed by atoms with van der Waals surface area (Å²) in [6.45, 7) is 3.89. The average molecular weight is 395 g/mol. The van der Waals surface area contributed by atoms with E-state index in [9.17, 15) is 0 Å². The standard InChI is InChI=1S/C18H22N6.2ClH/c1-2-4-15-10-17(24-8-7-14(20)12-24)23-18(21-15)22-16-6-3-5-13(9-16)11-19;;/h3,5-6,9-10,14H,2,4,7-8,12,20H2,1H3,(H,21,22,23);2*1H. The summed E-state index contributed by atoms with van der Waals surface area (Å²) >= 11 is 0. The van der Waals surface area contributed by atoms with Crippen molar-refractivity contribution in [3.8, 4) is 6.07 Å². The molecule has 0 bridgehead atoms. The Labute approximate surface area is 166 Å². The van der Waals surface area contributed by atoms with Gasteiger partial charge in [0.15, 0.2) is 0 Å². The molecule has 0 amide bonds. The van der Waals surface area contributed by atoms with Gasteiger partial charge in [-0.1, -0.05) is 19.4 Å². The van der Waals surface area contributed by atoms with E-state index in [-0.39, 0.29) is 30.9 Å². The van der Waals surface area contributed by atoms with Crippen molar-refractivity contribution in [3.63, 3.8) is 0 Å². The molecule has 2 heterocycles. The number of rotatable bonds is 5. The molecule has 1 aromatic carbocycles. The maximum atomic E-state index is 9.03. The largest absolute Gasteiger partial charge is 0.355 e. The molecule has 26 heavy (non-hydrogen) atoms. The fourth-order valence-corrected chi connectivity index (χ4v) is 2.88. The minimum Gasteiger partial charge on any atom is -0.355 e. The number of halogens is 2. The van der Waals surface area contributed by atoms with Crippen molar-refractivity contribution in [2.45, 2.75) is 32.2 Å². The Morgan fingerprint density at radius 1 is 1.31 bits per heavy atom. The molecule has 1 fully saturated rings. The van der Waals surface area contributed by atoms with Crippen LogP contribution >= 0.6 is 24.8 Å². The van der Waals surface area contributed by atoms with Crippen LogP contribution in [-0.4, -0.2) is 29.1 Å². The summed E-state index contributed by atoms with van der Waals surface area (Å²) in [7, 11) is 0. The second-order valence-electron chi connectivity index (χ2n) is 6.10. The lowest BCUT2D eigenvalue weighted by molar-refractivity contribution is 0.751. The van der Waals surface area contributed by atoms with Gasteiger partial charge in [0.2, 0.25) is 5.95 Å². The lowest BCUT2D eigenvalue weighted by Crippen LogP contribution is -2.27. The fraction of sp³-hybridized carbons (Fsp3) is 0.389. The van der Waals surface area contributed by atoms with E-state index < -0.39 is 0 Å². The van der Waals surface area contributed by atoms with Gasteiger partial charge in [0.25, 0.3) is 0 Å². The number of benzene rings is 1. The minimum absolute atomic E-state index is 0. The number of nitrogens with zero attached hydrogens (tertiary/aromatic N) is 4. The van der Waals surface area contributed by atoms with Gasteiger partial charge in [-0.3, -0.25) is 0 Å². The monoisotopic (exact) mass is 394 g/mol. The molecule has 1 aliphatic heterocycles. The van der Waals surface area contributed by atoms with E-state index in [2.05, 4.69) is 39.2 Å². The number of nitriles is 1. The fourth-order valence-electron chi connectivity index (χ4n) is 2.88. The highest BCUT2D eigenvalue weighted by atomic mass is 35.5. The zero-order valence-electron chi connectivity index (χ0n) is 14.7. The molecular formula is C18H24Cl2N6. The predicted molar refractivity (Wildman–Crippen MR) is 110 cm³/mol. The van der Waals surface area contributed by atoms with Crippen molar-refractivity contribution >= 4 is 42.3 Å². The van der Waals surface area contributed by atoms with Crippen molar-refractivity contribution in [1.29, 1.82) is 5.26 Å². The molecule has 6 nitrogen and oxygen atoms in total. The molecule has 8 heteroatoms. The zero-order chi connectivity index (χ0) is 16.9. The van der Waals surface area contributed by atoms with Gasteiger partial charge in [0.1, 0.15) is 5.82 Å². The highest BCUT2D eigenvalue weighted by Gasteiger charge is 2.21. The maximum absolute atomic E-state index is 9.03. The molecule has 3 N–H and O–H groups in total. The van der Waals surface area contributed by atoms with Gasteiger partial charge in [0.05, 0.1) is 11.6 Å². The van der Waals surface area contributed by atoms with Crippen molar-refractivity contribution in [2.24, 2.45) is 5.73 Å². The van der Waals surface area contributed by atoms with Crippen LogP contribution in [0, 0.1) is 11.3 Å². The van der Waals surface area contributed by atoms with Gasteiger partial charge >= 0.3 is 0 Å². The number of hydrogen-bond donors (Lipinski definition) is 2. The van der Waals surface area contributed by atoms with E-state index in [1.165, 1.54) is 0 Å². The zero-order valence-corrected chi connectivity index (χ0v) is 16.3. The van der Waals surface area contributed by atoms with Crippen LogP contribution in [0.2, 0.25) is 0 Å². The molecule has 140 valence electrons. The second-order valence-corrected chi connectivity index (χ2v) is 6.10. The summed E-state index contributed by atoms with van der Waals surface area (Å²) < 4.78 is 0. The first-order valence-corrected chi connectivity index (χ1v) is 8.33. The summed E-state index contributed by atoms with van der Waals surface area (Å²) in [6, 6.07) is 11.7. The van der Waals surface area contributed by atoms with Crippen molar-refractivity contribution < 1.29 is 0 Å². The Bertz CT molecular complexity index is 762. The van der Waals surface area contributed by atoms with E-state index in [1.54, 1.807) is 12.1 Å². The first kappa shape index (κ1) is 22.0. The molecule has 1 unspecified atom stereocenters. The van der Waals surface area contributed by atoms with Crippen molar-refractivity contribution in [2.75, 3.05) is 23.3 Å². The quantitative estimate of drug-likeness (QED) is 0.806.